The van der Waals surface area contributed by atoms with E-state index in [-0.39, 0.29) is 0 Å². The molecule has 0 amide bonds. The van der Waals surface area contributed by atoms with Crippen molar-refractivity contribution in [2.75, 3.05) is 19.1 Å². The predicted molar refractivity (Wildman–Crippen MR) is 72.8 cm³/mol. The summed E-state index contributed by atoms with van der Waals surface area (Å²) >= 11 is 5.98. The summed E-state index contributed by atoms with van der Waals surface area (Å²) in [6.07, 6.45) is 1.42. The van der Waals surface area contributed by atoms with Crippen LogP contribution in [0.1, 0.15) is 5.56 Å². The molecule has 2 aromatic rings. The molecular formula is C13H14ClN3O. The van der Waals surface area contributed by atoms with Crippen LogP contribution in [0.5, 0.6) is 5.75 Å². The van der Waals surface area contributed by atoms with Gasteiger partial charge in [0.1, 0.15) is 6.33 Å². The van der Waals surface area contributed by atoms with Crippen molar-refractivity contribution in [3.63, 3.8) is 0 Å². The van der Waals surface area contributed by atoms with E-state index in [0.717, 1.165) is 5.69 Å². The monoisotopic (exact) mass is 263 g/mol. The number of halogens is 1. The van der Waals surface area contributed by atoms with Gasteiger partial charge >= 0.3 is 0 Å². The normalized spacial score (nSPS) is 10.2. The molecule has 0 bridgehead atoms. The zero-order valence-corrected chi connectivity index (χ0v) is 11.3. The van der Waals surface area contributed by atoms with Crippen LogP contribution in [-0.2, 0) is 0 Å². The fourth-order valence-electron chi connectivity index (χ4n) is 1.65. The molecule has 0 atom stereocenters. The number of methoxy groups -OCH3 is 1. The number of anilines is 2. The summed E-state index contributed by atoms with van der Waals surface area (Å²) in [5.41, 5.74) is 2.22. The third kappa shape index (κ3) is 2.38. The van der Waals surface area contributed by atoms with E-state index in [0.29, 0.717) is 16.7 Å². The number of hydrogen-bond donors (Lipinski definition) is 0. The summed E-state index contributed by atoms with van der Waals surface area (Å²) in [5, 5.41) is 0.307. The topological polar surface area (TPSA) is 38.3 Å². The van der Waals surface area contributed by atoms with Gasteiger partial charge in [0.2, 0.25) is 0 Å². The highest BCUT2D eigenvalue weighted by atomic mass is 35.5. The zero-order valence-electron chi connectivity index (χ0n) is 10.5. The van der Waals surface area contributed by atoms with E-state index in [9.17, 15) is 0 Å². The Labute approximate surface area is 111 Å². The summed E-state index contributed by atoms with van der Waals surface area (Å²) in [4.78, 5) is 10.0. The van der Waals surface area contributed by atoms with Crippen LogP contribution in [0, 0.1) is 6.92 Å². The van der Waals surface area contributed by atoms with Crippen molar-refractivity contribution in [2.24, 2.45) is 0 Å². The van der Waals surface area contributed by atoms with Crippen molar-refractivity contribution in [3.8, 4) is 5.75 Å². The second kappa shape index (κ2) is 5.23. The Morgan fingerprint density at radius 1 is 1.17 bits per heavy atom. The van der Waals surface area contributed by atoms with Gasteiger partial charge in [-0.15, -0.1) is 0 Å². The van der Waals surface area contributed by atoms with Gasteiger partial charge in [0.05, 0.1) is 7.11 Å². The Balaban J connectivity index is 2.42. The summed E-state index contributed by atoms with van der Waals surface area (Å²) in [6.45, 7) is 2.05. The van der Waals surface area contributed by atoms with Crippen LogP contribution in [0.25, 0.3) is 0 Å². The van der Waals surface area contributed by atoms with Crippen molar-refractivity contribution in [1.82, 2.24) is 9.97 Å². The largest absolute Gasteiger partial charge is 0.490 e. The number of aryl methyl sites for hydroxylation is 1. The minimum absolute atomic E-state index is 0.307. The summed E-state index contributed by atoms with van der Waals surface area (Å²) in [6, 6.07) is 8.12. The number of aromatic nitrogens is 2. The SMILES string of the molecule is COc1c(Cl)ncnc1N(C)c1ccc(C)cc1. The third-order valence-electron chi connectivity index (χ3n) is 2.68. The molecule has 1 aromatic heterocycles. The molecule has 0 saturated heterocycles. The van der Waals surface area contributed by atoms with E-state index in [1.807, 2.05) is 43.1 Å². The lowest BCUT2D eigenvalue weighted by Crippen LogP contribution is -2.13. The second-order valence-electron chi connectivity index (χ2n) is 3.92. The molecule has 94 valence electrons. The van der Waals surface area contributed by atoms with Crippen LogP contribution < -0.4 is 9.64 Å². The van der Waals surface area contributed by atoms with Crippen LogP contribution in [0.4, 0.5) is 11.5 Å². The predicted octanol–water partition coefficient (Wildman–Crippen LogP) is 3.21. The highest BCUT2D eigenvalue weighted by Crippen LogP contribution is 2.34. The van der Waals surface area contributed by atoms with Gasteiger partial charge in [-0.25, -0.2) is 9.97 Å². The van der Waals surface area contributed by atoms with Gasteiger partial charge in [-0.05, 0) is 19.1 Å². The van der Waals surface area contributed by atoms with Gasteiger partial charge in [-0.3, -0.25) is 0 Å². The van der Waals surface area contributed by atoms with Crippen molar-refractivity contribution in [1.29, 1.82) is 0 Å². The Morgan fingerprint density at radius 2 is 1.83 bits per heavy atom. The zero-order chi connectivity index (χ0) is 13.1. The smallest absolute Gasteiger partial charge is 0.199 e. The van der Waals surface area contributed by atoms with Crippen molar-refractivity contribution in [3.05, 3.63) is 41.3 Å². The fraction of sp³-hybridized carbons (Fsp3) is 0.231. The number of rotatable bonds is 3. The molecule has 0 unspecified atom stereocenters. The van der Waals surface area contributed by atoms with Crippen molar-refractivity contribution >= 4 is 23.1 Å². The minimum atomic E-state index is 0.307. The summed E-state index contributed by atoms with van der Waals surface area (Å²) in [5.74, 6) is 1.11. The van der Waals surface area contributed by atoms with Crippen LogP contribution in [0.3, 0.4) is 0 Å². The van der Waals surface area contributed by atoms with E-state index in [2.05, 4.69) is 9.97 Å². The van der Waals surface area contributed by atoms with Crippen molar-refractivity contribution in [2.45, 2.75) is 6.92 Å². The number of benzene rings is 1. The average Bonchev–Trinajstić information content (AvgIpc) is 2.38. The molecule has 0 saturated carbocycles. The van der Waals surface area contributed by atoms with Crippen LogP contribution in [-0.4, -0.2) is 24.1 Å². The van der Waals surface area contributed by atoms with Gasteiger partial charge in [0.15, 0.2) is 16.7 Å². The summed E-state index contributed by atoms with van der Waals surface area (Å²) in [7, 11) is 3.46. The lowest BCUT2D eigenvalue weighted by molar-refractivity contribution is 0.412. The first-order chi connectivity index (χ1) is 8.63. The molecule has 1 heterocycles. The number of nitrogens with zero attached hydrogens (tertiary/aromatic N) is 3. The number of hydrogen-bond acceptors (Lipinski definition) is 4. The maximum atomic E-state index is 5.98. The molecular weight excluding hydrogens is 250 g/mol. The first-order valence-corrected chi connectivity index (χ1v) is 5.86. The van der Waals surface area contributed by atoms with E-state index in [1.54, 1.807) is 7.11 Å². The second-order valence-corrected chi connectivity index (χ2v) is 4.27. The highest BCUT2D eigenvalue weighted by Gasteiger charge is 2.15. The Hall–Kier alpha value is -1.81. The van der Waals surface area contributed by atoms with Crippen LogP contribution in [0.2, 0.25) is 5.15 Å². The van der Waals surface area contributed by atoms with Gasteiger partial charge < -0.3 is 9.64 Å². The third-order valence-corrected chi connectivity index (χ3v) is 2.95. The lowest BCUT2D eigenvalue weighted by atomic mass is 10.2. The van der Waals surface area contributed by atoms with Gasteiger partial charge in [-0.2, -0.15) is 0 Å². The average molecular weight is 264 g/mol. The Kier molecular flexibility index (Phi) is 3.67. The molecule has 0 radical (unpaired) electrons. The van der Waals surface area contributed by atoms with E-state index < -0.39 is 0 Å². The van der Waals surface area contributed by atoms with E-state index in [4.69, 9.17) is 16.3 Å². The molecule has 0 aliphatic heterocycles. The summed E-state index contributed by atoms with van der Waals surface area (Å²) < 4.78 is 5.24. The Morgan fingerprint density at radius 3 is 2.44 bits per heavy atom. The molecule has 18 heavy (non-hydrogen) atoms. The Bertz CT molecular complexity index is 542. The first kappa shape index (κ1) is 12.6. The molecule has 0 spiro atoms. The molecule has 4 nitrogen and oxygen atoms in total. The quantitative estimate of drug-likeness (QED) is 0.797. The molecule has 0 aliphatic carbocycles. The molecule has 0 N–H and O–H groups in total. The van der Waals surface area contributed by atoms with E-state index in [1.165, 1.54) is 11.9 Å². The highest BCUT2D eigenvalue weighted by molar-refractivity contribution is 6.31. The minimum Gasteiger partial charge on any atom is -0.490 e. The van der Waals surface area contributed by atoms with Crippen LogP contribution >= 0.6 is 11.6 Å². The molecule has 0 aliphatic rings. The lowest BCUT2D eigenvalue weighted by Gasteiger charge is -2.20. The number of ether oxygens (including phenoxy) is 1. The van der Waals surface area contributed by atoms with Gasteiger partial charge in [0.25, 0.3) is 0 Å². The van der Waals surface area contributed by atoms with Crippen LogP contribution in [0.15, 0.2) is 30.6 Å². The molecule has 0 fully saturated rings. The van der Waals surface area contributed by atoms with E-state index >= 15 is 0 Å². The standard InChI is InChI=1S/C13H14ClN3O/c1-9-4-6-10(7-5-9)17(2)13-11(18-3)12(14)15-8-16-13/h4-8H,1-3H3. The maximum Gasteiger partial charge on any atom is 0.199 e. The van der Waals surface area contributed by atoms with Gasteiger partial charge in [0, 0.05) is 12.7 Å². The molecule has 1 aromatic carbocycles. The molecule has 5 heteroatoms. The maximum absolute atomic E-state index is 5.98. The van der Waals surface area contributed by atoms with Crippen molar-refractivity contribution < 1.29 is 4.74 Å². The first-order valence-electron chi connectivity index (χ1n) is 5.48. The molecule has 2 rings (SSSR count). The van der Waals surface area contributed by atoms with Gasteiger partial charge in [-0.1, -0.05) is 29.3 Å². The fourth-order valence-corrected chi connectivity index (χ4v) is 1.85.